The molecule has 9 nitrogen and oxygen atoms in total. The van der Waals surface area contributed by atoms with Gasteiger partial charge in [-0.25, -0.2) is 4.98 Å². The Morgan fingerprint density at radius 2 is 1.94 bits per heavy atom. The summed E-state index contributed by atoms with van der Waals surface area (Å²) in [4.78, 5) is 24.8. The van der Waals surface area contributed by atoms with Crippen molar-refractivity contribution >= 4 is 23.2 Å². The number of nitrogens with two attached hydrogens (primary N) is 1. The molecule has 1 saturated heterocycles. The topological polar surface area (TPSA) is 92.2 Å². The largest absolute Gasteiger partial charge is 0.493 e. The SMILES string of the molecule is CCC1c2cc3nc(N4CC(N)C4)cc(n3n2)N(C)CCCCOc2ccc(C)cc2C(=O)N1C. The monoisotopic (exact) mass is 477 g/mol. The van der Waals surface area contributed by atoms with E-state index >= 15 is 0 Å². The highest BCUT2D eigenvalue weighted by Gasteiger charge is 2.29. The number of benzene rings is 1. The van der Waals surface area contributed by atoms with Crippen molar-refractivity contribution < 1.29 is 9.53 Å². The lowest BCUT2D eigenvalue weighted by molar-refractivity contribution is 0.0718. The maximum Gasteiger partial charge on any atom is 0.257 e. The third-order valence-electron chi connectivity index (χ3n) is 7.07. The molecule has 0 saturated carbocycles. The zero-order valence-corrected chi connectivity index (χ0v) is 21.1. The van der Waals surface area contributed by atoms with Crippen LogP contribution < -0.4 is 20.3 Å². The van der Waals surface area contributed by atoms with E-state index in [1.165, 1.54) is 0 Å². The van der Waals surface area contributed by atoms with Gasteiger partial charge in [-0.15, -0.1) is 0 Å². The van der Waals surface area contributed by atoms with Crippen molar-refractivity contribution in [3.05, 3.63) is 47.2 Å². The molecule has 2 aromatic heterocycles. The molecule has 1 unspecified atom stereocenters. The first-order chi connectivity index (χ1) is 16.9. The molecule has 0 aliphatic carbocycles. The summed E-state index contributed by atoms with van der Waals surface area (Å²) in [5.41, 5.74) is 9.27. The molecule has 35 heavy (non-hydrogen) atoms. The molecule has 186 valence electrons. The van der Waals surface area contributed by atoms with Crippen molar-refractivity contribution in [1.29, 1.82) is 0 Å². The molecule has 2 bridgehead atoms. The third-order valence-corrected chi connectivity index (χ3v) is 7.07. The van der Waals surface area contributed by atoms with Gasteiger partial charge < -0.3 is 25.2 Å². The maximum atomic E-state index is 13.7. The Hall–Kier alpha value is -3.33. The predicted molar refractivity (Wildman–Crippen MR) is 137 cm³/mol. The summed E-state index contributed by atoms with van der Waals surface area (Å²) in [5.74, 6) is 2.47. The van der Waals surface area contributed by atoms with Gasteiger partial charge in [-0.1, -0.05) is 18.6 Å². The first-order valence-electron chi connectivity index (χ1n) is 12.5. The lowest BCUT2D eigenvalue weighted by Crippen LogP contribution is -2.56. The summed E-state index contributed by atoms with van der Waals surface area (Å²) in [7, 11) is 3.93. The van der Waals surface area contributed by atoms with E-state index in [0.717, 1.165) is 67.4 Å². The van der Waals surface area contributed by atoms with Crippen LogP contribution in [-0.2, 0) is 0 Å². The van der Waals surface area contributed by atoms with Gasteiger partial charge in [0.05, 0.1) is 23.9 Å². The Balaban J connectivity index is 1.60. The van der Waals surface area contributed by atoms with Gasteiger partial charge in [0.15, 0.2) is 5.65 Å². The van der Waals surface area contributed by atoms with Crippen LogP contribution in [0.4, 0.5) is 11.6 Å². The van der Waals surface area contributed by atoms with Crippen LogP contribution in [0.5, 0.6) is 5.75 Å². The maximum absolute atomic E-state index is 13.7. The number of ether oxygens (including phenoxy) is 1. The first-order valence-corrected chi connectivity index (χ1v) is 12.5. The summed E-state index contributed by atoms with van der Waals surface area (Å²) in [6, 6.07) is 9.92. The second kappa shape index (κ2) is 9.37. The highest BCUT2D eigenvalue weighted by atomic mass is 16.5. The number of amides is 1. The van der Waals surface area contributed by atoms with Crippen LogP contribution in [0, 0.1) is 6.92 Å². The van der Waals surface area contributed by atoms with Crippen LogP contribution in [0.25, 0.3) is 5.65 Å². The number of aryl methyl sites for hydroxylation is 1. The molecule has 2 aliphatic heterocycles. The van der Waals surface area contributed by atoms with Gasteiger partial charge in [-0.3, -0.25) is 4.79 Å². The minimum absolute atomic E-state index is 0.0666. The molecular formula is C26H35N7O2. The number of hydrogen-bond donors (Lipinski definition) is 1. The lowest BCUT2D eigenvalue weighted by atomic mass is 10.1. The zero-order valence-electron chi connectivity index (χ0n) is 21.1. The van der Waals surface area contributed by atoms with Gasteiger partial charge in [0, 0.05) is 51.9 Å². The Bertz CT molecular complexity index is 1230. The Kier molecular flexibility index (Phi) is 6.27. The van der Waals surface area contributed by atoms with Gasteiger partial charge in [-0.05, 0) is 38.3 Å². The summed E-state index contributed by atoms with van der Waals surface area (Å²) in [6.45, 7) is 7.10. The number of anilines is 2. The van der Waals surface area contributed by atoms with Gasteiger partial charge in [0.25, 0.3) is 5.91 Å². The molecule has 1 fully saturated rings. The van der Waals surface area contributed by atoms with Crippen LogP contribution in [0.2, 0.25) is 0 Å². The molecule has 0 radical (unpaired) electrons. The van der Waals surface area contributed by atoms with E-state index in [0.29, 0.717) is 17.9 Å². The van der Waals surface area contributed by atoms with Crippen molar-refractivity contribution in [1.82, 2.24) is 19.5 Å². The van der Waals surface area contributed by atoms with Crippen LogP contribution in [0.15, 0.2) is 30.3 Å². The van der Waals surface area contributed by atoms with E-state index in [4.69, 9.17) is 20.6 Å². The van der Waals surface area contributed by atoms with E-state index in [1.54, 1.807) is 4.90 Å². The lowest BCUT2D eigenvalue weighted by Gasteiger charge is -2.38. The molecule has 9 heteroatoms. The number of carbonyl (C=O) groups is 1. The minimum atomic E-state index is -0.193. The second-order valence-electron chi connectivity index (χ2n) is 9.79. The zero-order chi connectivity index (χ0) is 24.7. The number of fused-ring (bicyclic) bond motifs is 2. The Morgan fingerprint density at radius 1 is 1.14 bits per heavy atom. The smallest absolute Gasteiger partial charge is 0.257 e. The molecule has 1 atom stereocenters. The van der Waals surface area contributed by atoms with Gasteiger partial charge in [0.2, 0.25) is 0 Å². The van der Waals surface area contributed by atoms with Gasteiger partial charge >= 0.3 is 0 Å². The molecule has 1 aromatic carbocycles. The Morgan fingerprint density at radius 3 is 2.69 bits per heavy atom. The highest BCUT2D eigenvalue weighted by molar-refractivity contribution is 5.97. The van der Waals surface area contributed by atoms with E-state index in [-0.39, 0.29) is 18.0 Å². The number of carbonyl (C=O) groups excluding carboxylic acids is 1. The van der Waals surface area contributed by atoms with Crippen molar-refractivity contribution in [2.24, 2.45) is 5.73 Å². The summed E-state index contributed by atoms with van der Waals surface area (Å²) < 4.78 is 8.01. The van der Waals surface area contributed by atoms with Crippen LogP contribution in [0.1, 0.15) is 53.8 Å². The molecule has 4 heterocycles. The van der Waals surface area contributed by atoms with E-state index in [1.807, 2.05) is 42.8 Å². The van der Waals surface area contributed by atoms with E-state index < -0.39 is 0 Å². The number of rotatable bonds is 2. The van der Waals surface area contributed by atoms with Gasteiger partial charge in [-0.2, -0.15) is 9.61 Å². The Labute approximate surface area is 206 Å². The molecule has 1 amide bonds. The third kappa shape index (κ3) is 4.40. The van der Waals surface area contributed by atoms with Crippen molar-refractivity contribution in [3.63, 3.8) is 0 Å². The molecule has 2 N–H and O–H groups in total. The number of hydrogen-bond acceptors (Lipinski definition) is 7. The molecule has 2 aliphatic rings. The van der Waals surface area contributed by atoms with E-state index in [2.05, 4.69) is 29.8 Å². The summed E-state index contributed by atoms with van der Waals surface area (Å²) in [6.07, 6.45) is 2.56. The summed E-state index contributed by atoms with van der Waals surface area (Å²) >= 11 is 0. The van der Waals surface area contributed by atoms with Crippen molar-refractivity contribution in [2.75, 3.05) is 50.1 Å². The average molecular weight is 478 g/mol. The molecule has 5 rings (SSSR count). The van der Waals surface area contributed by atoms with E-state index in [9.17, 15) is 4.79 Å². The number of aromatic nitrogens is 3. The van der Waals surface area contributed by atoms with Crippen molar-refractivity contribution in [2.45, 2.75) is 45.2 Å². The molecular weight excluding hydrogens is 442 g/mol. The fraction of sp³-hybridized carbons (Fsp3) is 0.500. The summed E-state index contributed by atoms with van der Waals surface area (Å²) in [5, 5.41) is 4.97. The van der Waals surface area contributed by atoms with Crippen LogP contribution in [-0.4, -0.2) is 71.8 Å². The molecule has 3 aromatic rings. The average Bonchev–Trinajstić information content (AvgIpc) is 3.24. The first kappa shape index (κ1) is 23.4. The van der Waals surface area contributed by atoms with Crippen LogP contribution >= 0.6 is 0 Å². The van der Waals surface area contributed by atoms with Gasteiger partial charge in [0.1, 0.15) is 17.4 Å². The predicted octanol–water partition coefficient (Wildman–Crippen LogP) is 3.02. The minimum Gasteiger partial charge on any atom is -0.493 e. The van der Waals surface area contributed by atoms with Crippen molar-refractivity contribution in [3.8, 4) is 5.75 Å². The normalized spacial score (nSPS) is 19.9. The molecule has 0 spiro atoms. The van der Waals surface area contributed by atoms with Crippen LogP contribution in [0.3, 0.4) is 0 Å². The number of nitrogens with zero attached hydrogens (tertiary/aromatic N) is 6. The second-order valence-corrected chi connectivity index (χ2v) is 9.79. The standard InChI is InChI=1S/C26H35N7O2/c1-5-21-20-13-24-28-23(32-15-18(27)16-32)14-25(33(24)29-20)30(3)10-6-7-11-35-22-9-8-17(2)12-19(22)26(34)31(21)4/h8-9,12-14,18,21H,5-7,10-11,15-16,27H2,1-4H3. The fourth-order valence-corrected chi connectivity index (χ4v) is 4.96. The fourth-order valence-electron chi connectivity index (χ4n) is 4.96. The highest BCUT2D eigenvalue weighted by Crippen LogP contribution is 2.31. The quantitative estimate of drug-likeness (QED) is 0.607.